The Labute approximate surface area is 319 Å². The topological polar surface area (TPSA) is 16.4 Å². The van der Waals surface area contributed by atoms with Gasteiger partial charge in [-0.25, -0.2) is 0 Å². The zero-order valence-corrected chi connectivity index (χ0v) is 29.9. The molecule has 0 saturated carbocycles. The Hall–Kier alpha value is -7.16. The van der Waals surface area contributed by atoms with Crippen molar-refractivity contribution in [2.45, 2.75) is 5.41 Å². The molecule has 0 fully saturated rings. The Bertz CT molecular complexity index is 3110. The monoisotopic (exact) mass is 699 g/mol. The van der Waals surface area contributed by atoms with Crippen LogP contribution in [0.1, 0.15) is 22.3 Å². The number of fused-ring (bicyclic) bond motifs is 15. The maximum Gasteiger partial charge on any atom is 0.136 e. The molecule has 0 bridgehead atoms. The van der Waals surface area contributed by atoms with Crippen molar-refractivity contribution in [3.8, 4) is 33.4 Å². The highest BCUT2D eigenvalue weighted by molar-refractivity contribution is 6.19. The summed E-state index contributed by atoms with van der Waals surface area (Å²) in [6, 6.07) is 73.2. The van der Waals surface area contributed by atoms with Crippen LogP contribution in [0.25, 0.3) is 66.1 Å². The van der Waals surface area contributed by atoms with Crippen molar-refractivity contribution in [2.75, 3.05) is 4.90 Å². The standard InChI is InChI=1S/C53H33NO/c1-2-12-34(13-3-1)35-22-25-37(26-23-35)54(39-28-31-50-45(33-39)52-40-15-5-4-14-36(40)24-30-51(52)55-50)38-27-29-49-44(32-38)43-18-8-11-21-48(43)53(49)46-19-9-6-16-41(46)42-17-7-10-20-47(42)53/h1-33H. The van der Waals surface area contributed by atoms with Crippen molar-refractivity contribution in [1.29, 1.82) is 0 Å². The van der Waals surface area contributed by atoms with E-state index >= 15 is 0 Å². The molecular weight excluding hydrogens is 667 g/mol. The van der Waals surface area contributed by atoms with Crippen LogP contribution in [0.5, 0.6) is 0 Å². The highest BCUT2D eigenvalue weighted by Crippen LogP contribution is 2.63. The minimum Gasteiger partial charge on any atom is -0.456 e. The average molecular weight is 700 g/mol. The maximum absolute atomic E-state index is 6.46. The lowest BCUT2D eigenvalue weighted by Gasteiger charge is -2.31. The van der Waals surface area contributed by atoms with E-state index in [0.29, 0.717) is 0 Å². The van der Waals surface area contributed by atoms with E-state index in [2.05, 4.69) is 205 Å². The second-order valence-corrected chi connectivity index (χ2v) is 14.8. The third-order valence-corrected chi connectivity index (χ3v) is 12.1. The highest BCUT2D eigenvalue weighted by Gasteiger charge is 2.51. The summed E-state index contributed by atoms with van der Waals surface area (Å²) in [6.07, 6.45) is 0. The van der Waals surface area contributed by atoms with Gasteiger partial charge in [-0.2, -0.15) is 0 Å². The highest BCUT2D eigenvalue weighted by atomic mass is 16.3. The van der Waals surface area contributed by atoms with Crippen LogP contribution in [-0.4, -0.2) is 0 Å². The van der Waals surface area contributed by atoms with Crippen LogP contribution in [-0.2, 0) is 5.41 Å². The predicted octanol–water partition coefficient (Wildman–Crippen LogP) is 14.2. The maximum atomic E-state index is 6.46. The fourth-order valence-corrected chi connectivity index (χ4v) is 9.78. The summed E-state index contributed by atoms with van der Waals surface area (Å²) < 4.78 is 6.46. The lowest BCUT2D eigenvalue weighted by molar-refractivity contribution is 0.669. The molecule has 1 heterocycles. The molecular formula is C53H33NO. The van der Waals surface area contributed by atoms with Gasteiger partial charge in [0.15, 0.2) is 0 Å². The van der Waals surface area contributed by atoms with Gasteiger partial charge in [0.1, 0.15) is 11.2 Å². The zero-order valence-electron chi connectivity index (χ0n) is 29.9. The molecule has 12 rings (SSSR count). The zero-order chi connectivity index (χ0) is 36.1. The molecule has 1 aromatic heterocycles. The molecule has 10 aromatic rings. The number of furan rings is 1. The SMILES string of the molecule is c1ccc(-c2ccc(N(c3ccc4c(c3)-c3ccccc3C43c4ccccc4-c4ccccc43)c3ccc4oc5ccc6ccccc6c5c4c3)cc2)cc1. The van der Waals surface area contributed by atoms with Crippen molar-refractivity contribution >= 4 is 49.8 Å². The summed E-state index contributed by atoms with van der Waals surface area (Å²) in [5, 5.41) is 4.67. The first-order valence-corrected chi connectivity index (χ1v) is 19.0. The second kappa shape index (κ2) is 11.4. The molecule has 0 radical (unpaired) electrons. The largest absolute Gasteiger partial charge is 0.456 e. The Morgan fingerprint density at radius 2 is 0.873 bits per heavy atom. The van der Waals surface area contributed by atoms with E-state index in [1.165, 1.54) is 66.4 Å². The number of nitrogens with zero attached hydrogens (tertiary/aromatic N) is 1. The van der Waals surface area contributed by atoms with E-state index in [4.69, 9.17) is 4.42 Å². The number of hydrogen-bond acceptors (Lipinski definition) is 2. The van der Waals surface area contributed by atoms with E-state index in [-0.39, 0.29) is 5.41 Å². The molecule has 0 atom stereocenters. The summed E-state index contributed by atoms with van der Waals surface area (Å²) >= 11 is 0. The van der Waals surface area contributed by atoms with Crippen LogP contribution in [0.15, 0.2) is 205 Å². The fraction of sp³-hybridized carbons (Fsp3) is 0.0189. The van der Waals surface area contributed by atoms with E-state index in [1.807, 2.05) is 0 Å². The van der Waals surface area contributed by atoms with Gasteiger partial charge in [0.2, 0.25) is 0 Å². The van der Waals surface area contributed by atoms with Gasteiger partial charge < -0.3 is 9.32 Å². The molecule has 0 aliphatic heterocycles. The molecule has 0 unspecified atom stereocenters. The van der Waals surface area contributed by atoms with E-state index in [0.717, 1.165) is 39.0 Å². The summed E-state index contributed by atoms with van der Waals surface area (Å²) in [6.45, 7) is 0. The molecule has 2 aliphatic carbocycles. The van der Waals surface area contributed by atoms with Crippen molar-refractivity contribution in [3.05, 3.63) is 222 Å². The van der Waals surface area contributed by atoms with Crippen molar-refractivity contribution in [2.24, 2.45) is 0 Å². The fourth-order valence-electron chi connectivity index (χ4n) is 9.78. The van der Waals surface area contributed by atoms with Crippen LogP contribution in [0.4, 0.5) is 17.1 Å². The van der Waals surface area contributed by atoms with Crippen molar-refractivity contribution < 1.29 is 4.42 Å². The van der Waals surface area contributed by atoms with Gasteiger partial charge in [0.25, 0.3) is 0 Å². The Morgan fingerprint density at radius 1 is 0.345 bits per heavy atom. The van der Waals surface area contributed by atoms with Crippen LogP contribution in [0.2, 0.25) is 0 Å². The third-order valence-electron chi connectivity index (χ3n) is 12.1. The van der Waals surface area contributed by atoms with Gasteiger partial charge in [-0.15, -0.1) is 0 Å². The number of rotatable bonds is 4. The number of anilines is 3. The minimum atomic E-state index is -0.379. The Morgan fingerprint density at radius 3 is 1.60 bits per heavy atom. The molecule has 2 aliphatic rings. The van der Waals surface area contributed by atoms with Crippen LogP contribution >= 0.6 is 0 Å². The number of hydrogen-bond donors (Lipinski definition) is 0. The van der Waals surface area contributed by atoms with Gasteiger partial charge in [0, 0.05) is 27.8 Å². The Kier molecular flexibility index (Phi) is 6.29. The molecule has 0 amide bonds. The summed E-state index contributed by atoms with van der Waals surface area (Å²) in [5.41, 5.74) is 17.7. The van der Waals surface area contributed by atoms with E-state index in [1.54, 1.807) is 0 Å². The average Bonchev–Trinajstić information content (AvgIpc) is 3.88. The van der Waals surface area contributed by atoms with Gasteiger partial charge >= 0.3 is 0 Å². The summed E-state index contributed by atoms with van der Waals surface area (Å²) in [7, 11) is 0. The third kappa shape index (κ3) is 4.19. The molecule has 0 saturated heterocycles. The second-order valence-electron chi connectivity index (χ2n) is 14.8. The quantitative estimate of drug-likeness (QED) is 0.182. The Balaban J connectivity index is 1.10. The van der Waals surface area contributed by atoms with Crippen LogP contribution < -0.4 is 4.90 Å². The molecule has 9 aromatic carbocycles. The molecule has 256 valence electrons. The summed E-state index contributed by atoms with van der Waals surface area (Å²) in [4.78, 5) is 2.41. The number of benzene rings is 9. The van der Waals surface area contributed by atoms with Crippen molar-refractivity contribution in [1.82, 2.24) is 0 Å². The van der Waals surface area contributed by atoms with Gasteiger partial charge in [-0.3, -0.25) is 0 Å². The van der Waals surface area contributed by atoms with Gasteiger partial charge in [-0.05, 0) is 115 Å². The van der Waals surface area contributed by atoms with E-state index in [9.17, 15) is 0 Å². The first-order valence-electron chi connectivity index (χ1n) is 19.0. The summed E-state index contributed by atoms with van der Waals surface area (Å²) in [5.74, 6) is 0. The molecule has 55 heavy (non-hydrogen) atoms. The molecule has 0 N–H and O–H groups in total. The van der Waals surface area contributed by atoms with Crippen LogP contribution in [0.3, 0.4) is 0 Å². The molecule has 1 spiro atoms. The van der Waals surface area contributed by atoms with Gasteiger partial charge in [-0.1, -0.05) is 152 Å². The molecule has 2 nitrogen and oxygen atoms in total. The predicted molar refractivity (Wildman–Crippen MR) is 228 cm³/mol. The lowest BCUT2D eigenvalue weighted by atomic mass is 9.70. The minimum absolute atomic E-state index is 0.379. The normalized spacial score (nSPS) is 13.2. The molecule has 2 heteroatoms. The van der Waals surface area contributed by atoms with E-state index < -0.39 is 0 Å². The van der Waals surface area contributed by atoms with Crippen LogP contribution in [0, 0.1) is 0 Å². The van der Waals surface area contributed by atoms with Crippen molar-refractivity contribution in [3.63, 3.8) is 0 Å². The smallest absolute Gasteiger partial charge is 0.136 e. The lowest BCUT2D eigenvalue weighted by Crippen LogP contribution is -2.25. The first kappa shape index (κ1) is 30.3. The van der Waals surface area contributed by atoms with Gasteiger partial charge in [0.05, 0.1) is 5.41 Å². The first-order chi connectivity index (χ1) is 27.3.